The van der Waals surface area contributed by atoms with E-state index in [0.29, 0.717) is 30.8 Å². The lowest BCUT2D eigenvalue weighted by atomic mass is 9.91. The van der Waals surface area contributed by atoms with Crippen molar-refractivity contribution in [1.29, 1.82) is 0 Å². The molecule has 4 rings (SSSR count). The Morgan fingerprint density at radius 3 is 2.61 bits per heavy atom. The van der Waals surface area contributed by atoms with Gasteiger partial charge in [0, 0.05) is 23.5 Å². The highest BCUT2D eigenvalue weighted by molar-refractivity contribution is 7.27. The molecule has 0 saturated heterocycles. The van der Waals surface area contributed by atoms with Crippen LogP contribution in [0.2, 0.25) is 0 Å². The summed E-state index contributed by atoms with van der Waals surface area (Å²) in [7, 11) is 5.02. The average molecular weight is 580 g/mol. The topological polar surface area (TPSA) is 55.3 Å². The minimum atomic E-state index is -1.32. The number of anilines is 1. The molecule has 41 heavy (non-hydrogen) atoms. The van der Waals surface area contributed by atoms with Crippen molar-refractivity contribution in [2.75, 3.05) is 19.1 Å². The standard InChI is InChI=1S/C32H33F3N3O2P/c1-6-8-9-19(7-2)10-14-25-32(37-24-15-11-20-16-21(40-5)12-13-22(20)30(24)36-25)38(4)26(39)17-23-18(3)27(33)31(41)29(35)28(23)34/h6-9,12-13,16H,1,10-11,14-15,17,41H2,2-5H3/b9-8-,19-7+. The normalized spacial score (nSPS) is 12.7. The fourth-order valence-corrected chi connectivity index (χ4v) is 5.27. The number of hydrogen-bond donors (Lipinski definition) is 0. The third kappa shape index (κ3) is 6.13. The number of halogens is 3. The Balaban J connectivity index is 1.75. The second kappa shape index (κ2) is 12.8. The number of hydrogen-bond acceptors (Lipinski definition) is 4. The van der Waals surface area contributed by atoms with E-state index in [-0.39, 0.29) is 11.1 Å². The van der Waals surface area contributed by atoms with E-state index < -0.39 is 35.1 Å². The summed E-state index contributed by atoms with van der Waals surface area (Å²) in [5.41, 5.74) is 4.77. The van der Waals surface area contributed by atoms with Gasteiger partial charge in [-0.3, -0.25) is 9.69 Å². The molecule has 1 unspecified atom stereocenters. The van der Waals surface area contributed by atoms with E-state index in [0.717, 1.165) is 40.3 Å². The fraction of sp³-hybridized carbons (Fsp3) is 0.281. The largest absolute Gasteiger partial charge is 0.497 e. The summed E-state index contributed by atoms with van der Waals surface area (Å²) < 4.78 is 49.0. The first-order valence-electron chi connectivity index (χ1n) is 13.3. The van der Waals surface area contributed by atoms with Gasteiger partial charge in [0.1, 0.15) is 11.6 Å². The molecule has 1 amide bonds. The number of nitrogens with zero attached hydrogens (tertiary/aromatic N) is 3. The quantitative estimate of drug-likeness (QED) is 0.170. The predicted octanol–water partition coefficient (Wildman–Crippen LogP) is 6.30. The minimum absolute atomic E-state index is 0.105. The third-order valence-corrected chi connectivity index (χ3v) is 7.92. The number of methoxy groups -OCH3 is 1. The zero-order valence-corrected chi connectivity index (χ0v) is 24.8. The molecule has 0 aliphatic heterocycles. The molecule has 0 N–H and O–H groups in total. The predicted molar refractivity (Wildman–Crippen MR) is 160 cm³/mol. The summed E-state index contributed by atoms with van der Waals surface area (Å²) in [4.78, 5) is 24.7. The lowest BCUT2D eigenvalue weighted by Gasteiger charge is -2.25. The summed E-state index contributed by atoms with van der Waals surface area (Å²) in [5, 5.41) is -0.490. The monoisotopic (exact) mass is 579 g/mol. The van der Waals surface area contributed by atoms with E-state index in [2.05, 4.69) is 6.58 Å². The number of benzene rings is 2. The molecular formula is C32H33F3N3O2P. The van der Waals surface area contributed by atoms with Crippen LogP contribution in [0.15, 0.2) is 54.7 Å². The number of amides is 1. The van der Waals surface area contributed by atoms with E-state index in [4.69, 9.17) is 14.7 Å². The molecule has 2 aromatic carbocycles. The number of carbonyl (C=O) groups excluding carboxylic acids is 1. The number of rotatable bonds is 9. The van der Waals surface area contributed by atoms with Crippen LogP contribution in [-0.4, -0.2) is 30.0 Å². The zero-order chi connectivity index (χ0) is 29.8. The molecule has 0 radical (unpaired) electrons. The Morgan fingerprint density at radius 1 is 1.17 bits per heavy atom. The number of allylic oxidation sites excluding steroid dienone is 5. The van der Waals surface area contributed by atoms with E-state index in [1.54, 1.807) is 13.2 Å². The Morgan fingerprint density at radius 2 is 1.93 bits per heavy atom. The van der Waals surface area contributed by atoms with E-state index in [1.165, 1.54) is 18.9 Å². The smallest absolute Gasteiger partial charge is 0.232 e. The van der Waals surface area contributed by atoms with E-state index >= 15 is 0 Å². The molecule has 3 aromatic rings. The maximum atomic E-state index is 14.8. The van der Waals surface area contributed by atoms with E-state index in [1.807, 2.05) is 52.6 Å². The van der Waals surface area contributed by atoms with Crippen LogP contribution in [0.5, 0.6) is 5.75 Å². The van der Waals surface area contributed by atoms with Crippen molar-refractivity contribution in [2.45, 2.75) is 46.0 Å². The van der Waals surface area contributed by atoms with Crippen molar-refractivity contribution in [3.05, 3.63) is 100 Å². The van der Waals surface area contributed by atoms with Crippen LogP contribution in [0.4, 0.5) is 19.0 Å². The Bertz CT molecular complexity index is 1550. The first-order valence-corrected chi connectivity index (χ1v) is 13.9. The van der Waals surface area contributed by atoms with Gasteiger partial charge in [0.25, 0.3) is 0 Å². The summed E-state index contributed by atoms with van der Waals surface area (Å²) >= 11 is 0. The highest BCUT2D eigenvalue weighted by Gasteiger charge is 2.28. The number of aryl methyl sites for hydroxylation is 3. The highest BCUT2D eigenvalue weighted by atomic mass is 31.0. The number of aromatic nitrogens is 2. The summed E-state index contributed by atoms with van der Waals surface area (Å²) in [6, 6.07) is 5.84. The number of fused-ring (bicyclic) bond motifs is 3. The Hall–Kier alpha value is -3.77. The molecule has 1 heterocycles. The second-order valence-electron chi connectivity index (χ2n) is 9.86. The third-order valence-electron chi connectivity index (χ3n) is 7.42. The van der Waals surface area contributed by atoms with Gasteiger partial charge < -0.3 is 4.74 Å². The van der Waals surface area contributed by atoms with Gasteiger partial charge >= 0.3 is 0 Å². The lowest BCUT2D eigenvalue weighted by Crippen LogP contribution is -2.32. The van der Waals surface area contributed by atoms with Crippen LogP contribution >= 0.6 is 9.24 Å². The minimum Gasteiger partial charge on any atom is -0.497 e. The maximum Gasteiger partial charge on any atom is 0.232 e. The van der Waals surface area contributed by atoms with Gasteiger partial charge in [-0.25, -0.2) is 23.1 Å². The van der Waals surface area contributed by atoms with Gasteiger partial charge in [-0.05, 0) is 68.9 Å². The highest BCUT2D eigenvalue weighted by Crippen LogP contribution is 2.36. The van der Waals surface area contributed by atoms with Crippen molar-refractivity contribution in [3.63, 3.8) is 0 Å². The summed E-state index contributed by atoms with van der Waals surface area (Å²) in [6.45, 7) is 7.00. The van der Waals surface area contributed by atoms with Crippen LogP contribution in [0.25, 0.3) is 11.3 Å². The molecule has 0 fully saturated rings. The Labute approximate surface area is 241 Å². The van der Waals surface area contributed by atoms with Crippen LogP contribution < -0.4 is 14.9 Å². The summed E-state index contributed by atoms with van der Waals surface area (Å²) in [5.74, 6) is -2.90. The average Bonchev–Trinajstić information content (AvgIpc) is 2.99. The van der Waals surface area contributed by atoms with Crippen molar-refractivity contribution in [1.82, 2.24) is 9.97 Å². The molecule has 0 bridgehead atoms. The summed E-state index contributed by atoms with van der Waals surface area (Å²) in [6.07, 6.45) is 9.40. The molecule has 5 nitrogen and oxygen atoms in total. The first kappa shape index (κ1) is 30.2. The molecule has 1 aliphatic rings. The van der Waals surface area contributed by atoms with Crippen LogP contribution in [0.1, 0.15) is 41.4 Å². The SMILES string of the molecule is C=C/C=C\C(=C/C)CCc1nc2c(nc1N(C)C(=O)Cc1c(C)c(F)c(P)c(F)c1F)CCc1cc(OC)ccc1-2. The first-order chi connectivity index (χ1) is 19.6. The molecule has 0 spiro atoms. The molecule has 1 atom stereocenters. The van der Waals surface area contributed by atoms with Gasteiger partial charge in [-0.15, -0.1) is 0 Å². The lowest BCUT2D eigenvalue weighted by molar-refractivity contribution is -0.117. The van der Waals surface area contributed by atoms with Crippen LogP contribution in [-0.2, 0) is 30.5 Å². The Kier molecular flexibility index (Phi) is 9.44. The number of likely N-dealkylation sites (N-methyl/N-ethyl adjacent to an activating group) is 1. The van der Waals surface area contributed by atoms with Gasteiger partial charge in [-0.2, -0.15) is 0 Å². The number of ether oxygens (including phenoxy) is 1. The molecule has 1 aliphatic carbocycles. The van der Waals surface area contributed by atoms with Crippen molar-refractivity contribution < 1.29 is 22.7 Å². The molecule has 9 heteroatoms. The molecule has 214 valence electrons. The van der Waals surface area contributed by atoms with Crippen molar-refractivity contribution in [2.24, 2.45) is 0 Å². The van der Waals surface area contributed by atoms with Gasteiger partial charge in [-0.1, -0.05) is 45.7 Å². The fourth-order valence-electron chi connectivity index (χ4n) is 4.93. The van der Waals surface area contributed by atoms with Gasteiger partial charge in [0.05, 0.1) is 30.6 Å². The molecule has 0 saturated carbocycles. The van der Waals surface area contributed by atoms with Crippen molar-refractivity contribution in [3.8, 4) is 17.0 Å². The van der Waals surface area contributed by atoms with Crippen molar-refractivity contribution >= 4 is 26.3 Å². The number of carbonyl (C=O) groups is 1. The van der Waals surface area contributed by atoms with Gasteiger partial charge in [0.15, 0.2) is 17.5 Å². The molecular weight excluding hydrogens is 546 g/mol. The molecule has 1 aromatic heterocycles. The zero-order valence-electron chi connectivity index (χ0n) is 23.7. The van der Waals surface area contributed by atoms with E-state index in [9.17, 15) is 18.0 Å². The van der Waals surface area contributed by atoms with Gasteiger partial charge in [0.2, 0.25) is 5.91 Å². The second-order valence-corrected chi connectivity index (χ2v) is 10.4. The van der Waals surface area contributed by atoms with Crippen LogP contribution in [0.3, 0.4) is 0 Å². The maximum absolute atomic E-state index is 14.8. The van der Waals surface area contributed by atoms with Crippen LogP contribution in [0, 0.1) is 24.4 Å².